The molecule has 14 heavy (non-hydrogen) atoms. The van der Waals surface area contributed by atoms with Crippen LogP contribution in [0, 0.1) is 0 Å². The van der Waals surface area contributed by atoms with Crippen molar-refractivity contribution in [2.24, 2.45) is 4.99 Å². The van der Waals surface area contributed by atoms with Crippen LogP contribution in [-0.2, 0) is 0 Å². The maximum atomic E-state index is 4.47. The second kappa shape index (κ2) is 3.50. The van der Waals surface area contributed by atoms with Crippen LogP contribution in [0.15, 0.2) is 39.9 Å². The van der Waals surface area contributed by atoms with Crippen molar-refractivity contribution in [1.29, 1.82) is 0 Å². The van der Waals surface area contributed by atoms with Gasteiger partial charge in [0.05, 0.1) is 11.4 Å². The molecule has 0 atom stereocenters. The third kappa shape index (κ3) is 1.82. The van der Waals surface area contributed by atoms with E-state index in [9.17, 15) is 0 Å². The first-order chi connectivity index (χ1) is 6.65. The number of rotatable bonds is 0. The zero-order chi connectivity index (χ0) is 10.1. The average Bonchev–Trinajstić information content (AvgIpc) is 2.21. The molecule has 1 N–H and O–H groups in total. The molecule has 0 bridgehead atoms. The van der Waals surface area contributed by atoms with Crippen molar-refractivity contribution in [3.63, 3.8) is 0 Å². The summed E-state index contributed by atoms with van der Waals surface area (Å²) in [5.74, 6) is 0. The standard InChI is InChI=1S/C11H12N2S/c1-7-5-8(2)13-11-6-9(14)3-4-10(11)12-7/h3-6,13-14H,1-2H3. The summed E-state index contributed by atoms with van der Waals surface area (Å²) < 4.78 is 0. The summed E-state index contributed by atoms with van der Waals surface area (Å²) in [5, 5.41) is 3.29. The quantitative estimate of drug-likeness (QED) is 0.622. The average molecular weight is 204 g/mol. The number of nitrogens with zero attached hydrogens (tertiary/aromatic N) is 1. The first kappa shape index (κ1) is 9.34. The fourth-order valence-electron chi connectivity index (χ4n) is 1.51. The summed E-state index contributed by atoms with van der Waals surface area (Å²) in [7, 11) is 0. The summed E-state index contributed by atoms with van der Waals surface area (Å²) in [6.45, 7) is 4.02. The van der Waals surface area contributed by atoms with E-state index in [2.05, 4.69) is 22.9 Å². The van der Waals surface area contributed by atoms with E-state index >= 15 is 0 Å². The topological polar surface area (TPSA) is 24.4 Å². The number of benzene rings is 1. The van der Waals surface area contributed by atoms with E-state index in [1.54, 1.807) is 0 Å². The lowest BCUT2D eigenvalue weighted by molar-refractivity contribution is 1.36. The van der Waals surface area contributed by atoms with Gasteiger partial charge in [-0.25, -0.2) is 0 Å². The van der Waals surface area contributed by atoms with Crippen molar-refractivity contribution in [2.45, 2.75) is 18.7 Å². The highest BCUT2D eigenvalue weighted by Gasteiger charge is 2.06. The van der Waals surface area contributed by atoms with Gasteiger partial charge in [0.25, 0.3) is 0 Å². The Morgan fingerprint density at radius 1 is 1.29 bits per heavy atom. The number of anilines is 1. The molecule has 2 nitrogen and oxygen atoms in total. The van der Waals surface area contributed by atoms with Crippen LogP contribution in [0.2, 0.25) is 0 Å². The van der Waals surface area contributed by atoms with Gasteiger partial charge >= 0.3 is 0 Å². The fraction of sp³-hybridized carbons (Fsp3) is 0.182. The molecule has 0 fully saturated rings. The van der Waals surface area contributed by atoms with Crippen molar-refractivity contribution < 1.29 is 0 Å². The lowest BCUT2D eigenvalue weighted by Gasteiger charge is -2.07. The second-order valence-corrected chi connectivity index (χ2v) is 3.92. The zero-order valence-electron chi connectivity index (χ0n) is 8.20. The third-order valence-electron chi connectivity index (χ3n) is 2.03. The Kier molecular flexibility index (Phi) is 2.33. The van der Waals surface area contributed by atoms with E-state index in [4.69, 9.17) is 0 Å². The molecular formula is C11H12N2S. The molecule has 0 spiro atoms. The zero-order valence-corrected chi connectivity index (χ0v) is 9.10. The van der Waals surface area contributed by atoms with E-state index in [1.165, 1.54) is 0 Å². The van der Waals surface area contributed by atoms with Crippen molar-refractivity contribution in [3.05, 3.63) is 30.0 Å². The minimum absolute atomic E-state index is 0.943. The molecule has 1 aromatic carbocycles. The molecule has 2 rings (SSSR count). The first-order valence-electron chi connectivity index (χ1n) is 4.49. The number of allylic oxidation sites excluding steroid dienone is 2. The number of nitrogens with one attached hydrogen (secondary N) is 1. The van der Waals surface area contributed by atoms with Crippen LogP contribution in [0.25, 0.3) is 0 Å². The van der Waals surface area contributed by atoms with Crippen LogP contribution < -0.4 is 5.32 Å². The van der Waals surface area contributed by atoms with Crippen molar-refractivity contribution in [3.8, 4) is 0 Å². The van der Waals surface area contributed by atoms with Crippen molar-refractivity contribution >= 4 is 29.7 Å². The molecule has 72 valence electrons. The number of aliphatic imine (C=N–C) groups is 1. The maximum absolute atomic E-state index is 4.47. The van der Waals surface area contributed by atoms with Crippen molar-refractivity contribution in [1.82, 2.24) is 0 Å². The SMILES string of the molecule is CC1=CC(C)=Nc2ccc(S)cc2N1. The molecule has 1 aromatic rings. The Hall–Kier alpha value is -1.22. The lowest BCUT2D eigenvalue weighted by Crippen LogP contribution is -1.95. The summed E-state index contributed by atoms with van der Waals surface area (Å²) in [6, 6.07) is 5.90. The molecule has 1 aliphatic rings. The highest BCUT2D eigenvalue weighted by molar-refractivity contribution is 7.80. The van der Waals surface area contributed by atoms with E-state index < -0.39 is 0 Å². The minimum Gasteiger partial charge on any atom is -0.357 e. The predicted octanol–water partition coefficient (Wildman–Crippen LogP) is 3.40. The van der Waals surface area contributed by atoms with Crippen LogP contribution in [0.5, 0.6) is 0 Å². The number of hydrogen-bond donors (Lipinski definition) is 2. The van der Waals surface area contributed by atoms with Gasteiger partial charge in [-0.3, -0.25) is 4.99 Å². The molecule has 1 aliphatic heterocycles. The first-order valence-corrected chi connectivity index (χ1v) is 4.93. The molecule has 0 aliphatic carbocycles. The Bertz CT molecular complexity index is 433. The van der Waals surface area contributed by atoms with E-state index in [1.807, 2.05) is 38.1 Å². The van der Waals surface area contributed by atoms with Crippen LogP contribution in [0.1, 0.15) is 13.8 Å². The van der Waals surface area contributed by atoms with Crippen LogP contribution >= 0.6 is 12.6 Å². The Morgan fingerprint density at radius 2 is 2.07 bits per heavy atom. The molecule has 0 saturated heterocycles. The van der Waals surface area contributed by atoms with Crippen LogP contribution in [0.3, 0.4) is 0 Å². The number of fused-ring (bicyclic) bond motifs is 1. The van der Waals surface area contributed by atoms with Gasteiger partial charge in [-0.05, 0) is 38.1 Å². The van der Waals surface area contributed by atoms with Gasteiger partial charge in [0.2, 0.25) is 0 Å². The maximum Gasteiger partial charge on any atom is 0.0868 e. The van der Waals surface area contributed by atoms with Crippen molar-refractivity contribution in [2.75, 3.05) is 5.32 Å². The summed E-state index contributed by atoms with van der Waals surface area (Å²) in [6.07, 6.45) is 2.03. The molecule has 0 unspecified atom stereocenters. The van der Waals surface area contributed by atoms with E-state index in [0.29, 0.717) is 0 Å². The molecule has 0 aromatic heterocycles. The number of hydrogen-bond acceptors (Lipinski definition) is 3. The normalized spacial score (nSPS) is 14.8. The lowest BCUT2D eigenvalue weighted by atomic mass is 10.2. The van der Waals surface area contributed by atoms with Gasteiger partial charge in [-0.1, -0.05) is 0 Å². The number of thiol groups is 1. The smallest absolute Gasteiger partial charge is 0.0868 e. The Morgan fingerprint density at radius 3 is 2.86 bits per heavy atom. The summed E-state index contributed by atoms with van der Waals surface area (Å²) in [4.78, 5) is 5.42. The van der Waals surface area contributed by atoms with Gasteiger partial charge in [0.1, 0.15) is 0 Å². The molecule has 0 radical (unpaired) electrons. The van der Waals surface area contributed by atoms with E-state index in [-0.39, 0.29) is 0 Å². The van der Waals surface area contributed by atoms with Gasteiger partial charge in [-0.2, -0.15) is 0 Å². The van der Waals surface area contributed by atoms with Gasteiger partial charge < -0.3 is 5.32 Å². The van der Waals surface area contributed by atoms with Gasteiger partial charge in [0.15, 0.2) is 0 Å². The third-order valence-corrected chi connectivity index (χ3v) is 2.31. The largest absolute Gasteiger partial charge is 0.357 e. The molecule has 1 heterocycles. The van der Waals surface area contributed by atoms with Crippen LogP contribution in [0.4, 0.5) is 11.4 Å². The minimum atomic E-state index is 0.943. The summed E-state index contributed by atoms with van der Waals surface area (Å²) in [5.41, 5.74) is 4.10. The highest BCUT2D eigenvalue weighted by Crippen LogP contribution is 2.30. The van der Waals surface area contributed by atoms with Crippen LogP contribution in [-0.4, -0.2) is 5.71 Å². The monoisotopic (exact) mass is 204 g/mol. The Labute approximate surface area is 89.2 Å². The molecular weight excluding hydrogens is 192 g/mol. The fourth-order valence-corrected chi connectivity index (χ4v) is 1.71. The molecule has 0 amide bonds. The highest BCUT2D eigenvalue weighted by atomic mass is 32.1. The second-order valence-electron chi connectivity index (χ2n) is 3.41. The Balaban J connectivity index is 2.56. The van der Waals surface area contributed by atoms with E-state index in [0.717, 1.165) is 27.7 Å². The van der Waals surface area contributed by atoms with Gasteiger partial charge in [-0.15, -0.1) is 12.6 Å². The molecule has 0 saturated carbocycles. The van der Waals surface area contributed by atoms with Gasteiger partial charge in [0, 0.05) is 16.3 Å². The summed E-state index contributed by atoms with van der Waals surface area (Å²) >= 11 is 4.30. The molecule has 3 heteroatoms. The predicted molar refractivity (Wildman–Crippen MR) is 63.8 cm³/mol.